The molecule has 1 saturated carbocycles. The van der Waals surface area contributed by atoms with Crippen molar-refractivity contribution >= 4 is 5.91 Å². The summed E-state index contributed by atoms with van der Waals surface area (Å²) in [4.78, 5) is 12.2. The minimum absolute atomic E-state index is 0.188. The van der Waals surface area contributed by atoms with Crippen molar-refractivity contribution in [3.8, 4) is 0 Å². The molecule has 5 atom stereocenters. The summed E-state index contributed by atoms with van der Waals surface area (Å²) in [5.41, 5.74) is 0. The van der Waals surface area contributed by atoms with Gasteiger partial charge in [0.25, 0.3) is 0 Å². The van der Waals surface area contributed by atoms with E-state index in [1.54, 1.807) is 0 Å². The summed E-state index contributed by atoms with van der Waals surface area (Å²) in [6.07, 6.45) is 5.83. The van der Waals surface area contributed by atoms with Crippen molar-refractivity contribution in [1.82, 2.24) is 10.6 Å². The first kappa shape index (κ1) is 13.9. The topological polar surface area (TPSA) is 41.1 Å². The van der Waals surface area contributed by atoms with E-state index in [0.29, 0.717) is 18.0 Å². The van der Waals surface area contributed by atoms with Crippen molar-refractivity contribution in [1.29, 1.82) is 0 Å². The van der Waals surface area contributed by atoms with Gasteiger partial charge in [-0.15, -0.1) is 0 Å². The smallest absolute Gasteiger partial charge is 0.224 e. The summed E-state index contributed by atoms with van der Waals surface area (Å²) in [7, 11) is 0. The number of nitrogens with one attached hydrogen (secondary N) is 2. The maximum absolute atomic E-state index is 12.2. The van der Waals surface area contributed by atoms with Crippen LogP contribution in [0.5, 0.6) is 0 Å². The number of piperidine rings is 1. The molecule has 2 rings (SSSR count). The molecule has 3 heteroatoms. The lowest BCUT2D eigenvalue weighted by Crippen LogP contribution is -2.49. The molecule has 0 aromatic heterocycles. The molecule has 3 nitrogen and oxygen atoms in total. The molecule has 1 aliphatic carbocycles. The highest BCUT2D eigenvalue weighted by Crippen LogP contribution is 2.29. The second-order valence-corrected chi connectivity index (χ2v) is 6.59. The molecule has 0 radical (unpaired) electrons. The Morgan fingerprint density at radius 1 is 1.11 bits per heavy atom. The molecule has 1 amide bonds. The Hall–Kier alpha value is -0.570. The fraction of sp³-hybridized carbons (Fsp3) is 0.933. The van der Waals surface area contributed by atoms with Crippen LogP contribution in [-0.4, -0.2) is 24.5 Å². The molecule has 0 spiro atoms. The fourth-order valence-corrected chi connectivity index (χ4v) is 3.40. The number of carbonyl (C=O) groups excluding carboxylic acids is 1. The van der Waals surface area contributed by atoms with Gasteiger partial charge in [0.05, 0.1) is 5.92 Å². The number of hydrogen-bond donors (Lipinski definition) is 2. The normalized spacial score (nSPS) is 41.4. The van der Waals surface area contributed by atoms with Gasteiger partial charge in [0.2, 0.25) is 5.91 Å². The second-order valence-electron chi connectivity index (χ2n) is 6.59. The van der Waals surface area contributed by atoms with Crippen LogP contribution in [0.2, 0.25) is 0 Å². The molecule has 2 aliphatic rings. The Balaban J connectivity index is 1.80. The predicted molar refractivity (Wildman–Crippen MR) is 74.3 cm³/mol. The quantitative estimate of drug-likeness (QED) is 0.792. The highest BCUT2D eigenvalue weighted by molar-refractivity contribution is 5.79. The first-order valence-electron chi connectivity index (χ1n) is 7.60. The van der Waals surface area contributed by atoms with Crippen LogP contribution >= 0.6 is 0 Å². The fourth-order valence-electron chi connectivity index (χ4n) is 3.40. The van der Waals surface area contributed by atoms with Gasteiger partial charge in [0.1, 0.15) is 0 Å². The molecule has 5 unspecified atom stereocenters. The van der Waals surface area contributed by atoms with Crippen LogP contribution in [0.4, 0.5) is 0 Å². The van der Waals surface area contributed by atoms with E-state index in [2.05, 4.69) is 31.4 Å². The largest absolute Gasteiger partial charge is 0.353 e. The van der Waals surface area contributed by atoms with Gasteiger partial charge in [-0.05, 0) is 50.9 Å². The molecule has 18 heavy (non-hydrogen) atoms. The average molecular weight is 252 g/mol. The van der Waals surface area contributed by atoms with Crippen LogP contribution in [0.15, 0.2) is 0 Å². The summed E-state index contributed by atoms with van der Waals surface area (Å²) < 4.78 is 0. The standard InChI is InChI=1S/C15H28N2O/c1-10-4-7-14(11(2)8-10)17-15(18)13-6-5-12(3)16-9-13/h10-14,16H,4-9H2,1-3H3,(H,17,18). The van der Waals surface area contributed by atoms with Crippen molar-refractivity contribution < 1.29 is 4.79 Å². The van der Waals surface area contributed by atoms with Gasteiger partial charge in [-0.3, -0.25) is 4.79 Å². The number of rotatable bonds is 2. The zero-order valence-corrected chi connectivity index (χ0v) is 12.0. The maximum atomic E-state index is 12.2. The third kappa shape index (κ3) is 3.47. The van der Waals surface area contributed by atoms with E-state index in [-0.39, 0.29) is 11.8 Å². The van der Waals surface area contributed by atoms with Crippen LogP contribution in [0.1, 0.15) is 52.9 Å². The molecular formula is C15H28N2O. The third-order valence-electron chi connectivity index (χ3n) is 4.79. The molecule has 1 saturated heterocycles. The molecule has 104 valence electrons. The molecule has 1 aliphatic heterocycles. The zero-order valence-electron chi connectivity index (χ0n) is 12.0. The molecule has 2 N–H and O–H groups in total. The van der Waals surface area contributed by atoms with Crippen LogP contribution in [0.25, 0.3) is 0 Å². The van der Waals surface area contributed by atoms with Crippen LogP contribution < -0.4 is 10.6 Å². The first-order chi connectivity index (χ1) is 8.56. The van der Waals surface area contributed by atoms with Crippen LogP contribution in [0.3, 0.4) is 0 Å². The summed E-state index contributed by atoms with van der Waals surface area (Å²) in [5, 5.41) is 6.70. The van der Waals surface area contributed by atoms with E-state index in [0.717, 1.165) is 31.7 Å². The second kappa shape index (κ2) is 6.05. The lowest BCUT2D eigenvalue weighted by molar-refractivity contribution is -0.127. The van der Waals surface area contributed by atoms with Gasteiger partial charge in [-0.25, -0.2) is 0 Å². The van der Waals surface area contributed by atoms with Crippen molar-refractivity contribution in [3.63, 3.8) is 0 Å². The highest BCUT2D eigenvalue weighted by Gasteiger charge is 2.30. The number of carbonyl (C=O) groups is 1. The van der Waals surface area contributed by atoms with Gasteiger partial charge in [0.15, 0.2) is 0 Å². The summed E-state index contributed by atoms with van der Waals surface area (Å²) in [6.45, 7) is 7.64. The molecule has 2 fully saturated rings. The molecule has 0 bridgehead atoms. The monoisotopic (exact) mass is 252 g/mol. The van der Waals surface area contributed by atoms with E-state index >= 15 is 0 Å². The van der Waals surface area contributed by atoms with Gasteiger partial charge >= 0.3 is 0 Å². The highest BCUT2D eigenvalue weighted by atomic mass is 16.2. The Morgan fingerprint density at radius 3 is 2.50 bits per heavy atom. The van der Waals surface area contributed by atoms with Crippen LogP contribution in [-0.2, 0) is 4.79 Å². The van der Waals surface area contributed by atoms with Crippen molar-refractivity contribution in [3.05, 3.63) is 0 Å². The van der Waals surface area contributed by atoms with Crippen molar-refractivity contribution in [2.75, 3.05) is 6.54 Å². The predicted octanol–water partition coefficient (Wildman–Crippen LogP) is 2.32. The van der Waals surface area contributed by atoms with Gasteiger partial charge in [0, 0.05) is 18.6 Å². The van der Waals surface area contributed by atoms with E-state index in [1.165, 1.54) is 12.8 Å². The Morgan fingerprint density at radius 2 is 1.89 bits per heavy atom. The zero-order chi connectivity index (χ0) is 13.1. The average Bonchev–Trinajstić information content (AvgIpc) is 2.33. The van der Waals surface area contributed by atoms with E-state index in [4.69, 9.17) is 0 Å². The third-order valence-corrected chi connectivity index (χ3v) is 4.79. The first-order valence-corrected chi connectivity index (χ1v) is 7.60. The Labute approximate surface area is 111 Å². The Bertz CT molecular complexity index is 284. The summed E-state index contributed by atoms with van der Waals surface area (Å²) >= 11 is 0. The van der Waals surface area contributed by atoms with Crippen molar-refractivity contribution in [2.24, 2.45) is 17.8 Å². The molecule has 1 heterocycles. The molecular weight excluding hydrogens is 224 g/mol. The Kier molecular flexibility index (Phi) is 4.66. The van der Waals surface area contributed by atoms with E-state index in [1.807, 2.05) is 0 Å². The van der Waals surface area contributed by atoms with Gasteiger partial charge < -0.3 is 10.6 Å². The number of amides is 1. The minimum Gasteiger partial charge on any atom is -0.353 e. The minimum atomic E-state index is 0.188. The van der Waals surface area contributed by atoms with Gasteiger partial charge in [-0.1, -0.05) is 13.8 Å². The SMILES string of the molecule is CC1CCC(NC(=O)C2CCC(C)NC2)C(C)C1. The van der Waals surface area contributed by atoms with E-state index in [9.17, 15) is 4.79 Å². The molecule has 0 aromatic carbocycles. The lowest BCUT2D eigenvalue weighted by atomic mass is 9.79. The lowest BCUT2D eigenvalue weighted by Gasteiger charge is -2.35. The van der Waals surface area contributed by atoms with Crippen molar-refractivity contribution in [2.45, 2.75) is 65.0 Å². The van der Waals surface area contributed by atoms with E-state index < -0.39 is 0 Å². The summed E-state index contributed by atoms with van der Waals surface area (Å²) in [6, 6.07) is 0.983. The van der Waals surface area contributed by atoms with Gasteiger partial charge in [-0.2, -0.15) is 0 Å². The molecule has 0 aromatic rings. The summed E-state index contributed by atoms with van der Waals surface area (Å²) in [5.74, 6) is 1.92. The van der Waals surface area contributed by atoms with Crippen LogP contribution in [0, 0.1) is 17.8 Å². The number of hydrogen-bond acceptors (Lipinski definition) is 2. The maximum Gasteiger partial charge on any atom is 0.224 e.